The lowest BCUT2D eigenvalue weighted by atomic mass is 9.92. The lowest BCUT2D eigenvalue weighted by molar-refractivity contribution is -0.135. The lowest BCUT2D eigenvalue weighted by Crippen LogP contribution is -2.44. The number of aromatic nitrogens is 2. The smallest absolute Gasteiger partial charge is 0.329 e. The number of imide groups is 1. The van der Waals surface area contributed by atoms with E-state index in [0.29, 0.717) is 32.3 Å². The van der Waals surface area contributed by atoms with E-state index in [4.69, 9.17) is 5.73 Å². The molecule has 3 heterocycles. The SMILES string of the molecule is Cn1c(=O)n(C2CCC(=O)NC2=O)c2ccc(Nc3ccc(-c4c(C(N)=O)ccc5c(F)c(N6CC(=O)NS6(=O)=O)c(O)cc45)cc3)cc21. The number of rotatable bonds is 6. The summed E-state index contributed by atoms with van der Waals surface area (Å²) in [5.74, 6) is -4.55. The number of benzene rings is 4. The maximum absolute atomic E-state index is 15.9. The van der Waals surface area contributed by atoms with Gasteiger partial charge in [0.05, 0.1) is 11.0 Å². The number of hydrogen-bond acceptors (Lipinski definition) is 9. The predicted octanol–water partition coefficient (Wildman–Crippen LogP) is 2.01. The van der Waals surface area contributed by atoms with Crippen LogP contribution >= 0.6 is 0 Å². The number of amides is 4. The summed E-state index contributed by atoms with van der Waals surface area (Å²) in [5.41, 5.74) is 7.39. The molecule has 6 N–H and O–H groups in total. The highest BCUT2D eigenvalue weighted by Crippen LogP contribution is 2.43. The predicted molar refractivity (Wildman–Crippen MR) is 176 cm³/mol. The number of carbonyl (C=O) groups excluding carboxylic acids is 4. The van der Waals surface area contributed by atoms with E-state index in [0.717, 1.165) is 6.07 Å². The first-order chi connectivity index (χ1) is 23.2. The molecule has 5 aromatic rings. The number of piperidine rings is 1. The highest BCUT2D eigenvalue weighted by Gasteiger charge is 2.38. The van der Waals surface area contributed by atoms with E-state index in [9.17, 15) is 37.5 Å². The van der Waals surface area contributed by atoms with Crippen LogP contribution in [0.5, 0.6) is 5.75 Å². The van der Waals surface area contributed by atoms with Crippen LogP contribution in [0.25, 0.3) is 32.9 Å². The van der Waals surface area contributed by atoms with Gasteiger partial charge in [0, 0.05) is 41.4 Å². The number of carbonyl (C=O) groups is 4. The standard InChI is InChI=1S/C32H26FN7O8S/c1-38-23-12-17(6-9-21(23)40(32(38)46)22-10-11-25(42)36-31(22)45)35-16-4-2-15(3-5-16)27-19(30(34)44)8-7-18-20(27)13-24(41)29(28(18)33)39-14-26(43)37-49(39,47)48/h2-9,12-13,22,35,41H,10-11,14H2,1H3,(H2,34,44)(H,37,43)(H,36,42,45). The summed E-state index contributed by atoms with van der Waals surface area (Å²) < 4.78 is 45.7. The molecular weight excluding hydrogens is 661 g/mol. The fourth-order valence-electron chi connectivity index (χ4n) is 6.36. The molecule has 15 nitrogen and oxygen atoms in total. The molecule has 4 aromatic carbocycles. The largest absolute Gasteiger partial charge is 0.506 e. The second kappa shape index (κ2) is 11.2. The number of nitrogens with two attached hydrogens (primary N) is 1. The molecule has 0 saturated carbocycles. The van der Waals surface area contributed by atoms with E-state index in [1.165, 1.54) is 21.3 Å². The molecular formula is C32H26FN7O8S. The molecule has 17 heteroatoms. The van der Waals surface area contributed by atoms with Gasteiger partial charge in [0.15, 0.2) is 5.82 Å². The van der Waals surface area contributed by atoms with Gasteiger partial charge < -0.3 is 16.2 Å². The first-order valence-electron chi connectivity index (χ1n) is 14.8. The zero-order valence-corrected chi connectivity index (χ0v) is 26.3. The Morgan fingerprint density at radius 3 is 2.33 bits per heavy atom. The summed E-state index contributed by atoms with van der Waals surface area (Å²) >= 11 is 0. The summed E-state index contributed by atoms with van der Waals surface area (Å²) in [6.45, 7) is -0.728. The van der Waals surface area contributed by atoms with E-state index in [1.54, 1.807) is 54.2 Å². The second-order valence-electron chi connectivity index (χ2n) is 11.6. The van der Waals surface area contributed by atoms with Crippen molar-refractivity contribution in [2.75, 3.05) is 16.2 Å². The topological polar surface area (TPSA) is 215 Å². The van der Waals surface area contributed by atoms with Crippen LogP contribution < -0.4 is 31.1 Å². The molecule has 0 aliphatic carbocycles. The number of phenolic OH excluding ortho intramolecular Hbond substituents is 1. The van der Waals surface area contributed by atoms with Gasteiger partial charge in [-0.05, 0) is 59.8 Å². The van der Waals surface area contributed by atoms with E-state index in [-0.39, 0.29) is 40.6 Å². The Labute approximate surface area is 275 Å². The van der Waals surface area contributed by atoms with Gasteiger partial charge in [-0.25, -0.2) is 18.2 Å². The maximum Gasteiger partial charge on any atom is 0.329 e. The Morgan fingerprint density at radius 2 is 1.67 bits per heavy atom. The number of aryl methyl sites for hydroxylation is 1. The van der Waals surface area contributed by atoms with Gasteiger partial charge in [-0.2, -0.15) is 8.42 Å². The summed E-state index contributed by atoms with van der Waals surface area (Å²) in [4.78, 5) is 61.5. The number of fused-ring (bicyclic) bond motifs is 2. The number of halogens is 1. The third-order valence-electron chi connectivity index (χ3n) is 8.62. The quantitative estimate of drug-likeness (QED) is 0.165. The van der Waals surface area contributed by atoms with Crippen LogP contribution in [-0.4, -0.2) is 52.8 Å². The third-order valence-corrected chi connectivity index (χ3v) is 10.00. The number of aromatic hydroxyl groups is 1. The van der Waals surface area contributed by atoms with Crippen molar-refractivity contribution in [2.45, 2.75) is 18.9 Å². The average Bonchev–Trinajstić information content (AvgIpc) is 3.46. The summed E-state index contributed by atoms with van der Waals surface area (Å²) in [6, 6.07) is 14.6. The van der Waals surface area contributed by atoms with Gasteiger partial charge >= 0.3 is 15.9 Å². The molecule has 49 heavy (non-hydrogen) atoms. The van der Waals surface area contributed by atoms with Crippen LogP contribution in [0, 0.1) is 5.82 Å². The first-order valence-corrected chi connectivity index (χ1v) is 16.2. The first kappa shape index (κ1) is 31.4. The van der Waals surface area contributed by atoms with Crippen molar-refractivity contribution in [3.8, 4) is 16.9 Å². The van der Waals surface area contributed by atoms with Crippen LogP contribution in [0.2, 0.25) is 0 Å². The van der Waals surface area contributed by atoms with E-state index in [2.05, 4.69) is 10.6 Å². The van der Waals surface area contributed by atoms with E-state index < -0.39 is 63.5 Å². The number of primary amides is 1. The van der Waals surface area contributed by atoms with Gasteiger partial charge in [-0.1, -0.05) is 18.2 Å². The van der Waals surface area contributed by atoms with Crippen molar-refractivity contribution in [2.24, 2.45) is 12.8 Å². The average molecular weight is 688 g/mol. The fourth-order valence-corrected chi connectivity index (χ4v) is 7.53. The molecule has 4 amide bonds. The number of nitrogens with zero attached hydrogens (tertiary/aromatic N) is 3. The number of hydrogen-bond donors (Lipinski definition) is 5. The highest BCUT2D eigenvalue weighted by atomic mass is 32.2. The van der Waals surface area contributed by atoms with Gasteiger partial charge in [-0.15, -0.1) is 0 Å². The number of nitrogens with one attached hydrogen (secondary N) is 3. The van der Waals surface area contributed by atoms with Gasteiger partial charge in [0.25, 0.3) is 5.91 Å². The molecule has 250 valence electrons. The highest BCUT2D eigenvalue weighted by molar-refractivity contribution is 7.92. The maximum atomic E-state index is 15.9. The fraction of sp³-hybridized carbons (Fsp3) is 0.156. The molecule has 1 aromatic heterocycles. The molecule has 1 unspecified atom stereocenters. The Kier molecular flexibility index (Phi) is 7.16. The van der Waals surface area contributed by atoms with Gasteiger partial charge in [0.2, 0.25) is 17.7 Å². The van der Waals surface area contributed by atoms with Crippen molar-refractivity contribution in [1.29, 1.82) is 0 Å². The summed E-state index contributed by atoms with van der Waals surface area (Å²) in [5, 5.41) is 16.3. The molecule has 2 aliphatic heterocycles. The molecule has 2 aliphatic rings. The van der Waals surface area contributed by atoms with Gasteiger partial charge in [0.1, 0.15) is 24.0 Å². The number of imidazole rings is 1. The molecule has 0 radical (unpaired) electrons. The molecule has 0 spiro atoms. The third kappa shape index (κ3) is 5.10. The molecule has 2 saturated heterocycles. The van der Waals surface area contributed by atoms with Crippen LogP contribution in [-0.2, 0) is 31.6 Å². The Balaban J connectivity index is 1.24. The van der Waals surface area contributed by atoms with Crippen molar-refractivity contribution in [3.05, 3.63) is 82.5 Å². The van der Waals surface area contributed by atoms with Crippen molar-refractivity contribution in [3.63, 3.8) is 0 Å². The van der Waals surface area contributed by atoms with E-state index >= 15 is 4.39 Å². The zero-order valence-electron chi connectivity index (χ0n) is 25.5. The van der Waals surface area contributed by atoms with Crippen LogP contribution in [0.3, 0.4) is 0 Å². The normalized spacial score (nSPS) is 17.4. The summed E-state index contributed by atoms with van der Waals surface area (Å²) in [7, 11) is -2.86. The van der Waals surface area contributed by atoms with Crippen molar-refractivity contribution < 1.29 is 37.1 Å². The van der Waals surface area contributed by atoms with Gasteiger partial charge in [-0.3, -0.25) is 33.6 Å². The minimum atomic E-state index is -4.43. The van der Waals surface area contributed by atoms with E-state index in [1.807, 2.05) is 0 Å². The van der Waals surface area contributed by atoms with Crippen LogP contribution in [0.4, 0.5) is 21.5 Å². The Hall–Kier alpha value is -6.23. The van der Waals surface area contributed by atoms with Crippen molar-refractivity contribution in [1.82, 2.24) is 19.2 Å². The Bertz CT molecular complexity index is 2470. The number of phenols is 1. The molecule has 2 fully saturated rings. The van der Waals surface area contributed by atoms with Crippen LogP contribution in [0.1, 0.15) is 29.2 Å². The minimum Gasteiger partial charge on any atom is -0.506 e. The van der Waals surface area contributed by atoms with Crippen molar-refractivity contribution >= 4 is 72.7 Å². The summed E-state index contributed by atoms with van der Waals surface area (Å²) in [6.07, 6.45) is 0.324. The monoisotopic (exact) mass is 687 g/mol. The molecule has 7 rings (SSSR count). The Morgan fingerprint density at radius 1 is 0.959 bits per heavy atom. The van der Waals surface area contributed by atoms with Crippen LogP contribution in [0.15, 0.2) is 65.5 Å². The molecule has 0 bridgehead atoms. The molecule has 1 atom stereocenters. The minimum absolute atomic E-state index is 0.0114. The zero-order chi connectivity index (χ0) is 34.9. The second-order valence-corrected chi connectivity index (χ2v) is 13.2. The lowest BCUT2D eigenvalue weighted by Gasteiger charge is -2.21. The number of anilines is 3.